The minimum Gasteiger partial charge on any atom is -0.481 e. The number of hydrogen-bond acceptors (Lipinski definition) is 5. The van der Waals surface area contributed by atoms with Gasteiger partial charge in [-0.05, 0) is 53.9 Å². The molecular formula is C23H20N2O4. The first-order valence-electron chi connectivity index (χ1n) is 9.24. The van der Waals surface area contributed by atoms with Gasteiger partial charge in [0.15, 0.2) is 17.6 Å². The van der Waals surface area contributed by atoms with Crippen LogP contribution >= 0.6 is 0 Å². The number of ether oxygens (including phenoxy) is 3. The highest BCUT2D eigenvalue weighted by atomic mass is 16.7. The Morgan fingerprint density at radius 1 is 1.00 bits per heavy atom. The van der Waals surface area contributed by atoms with Gasteiger partial charge in [-0.3, -0.25) is 4.79 Å². The van der Waals surface area contributed by atoms with Gasteiger partial charge in [-0.2, -0.15) is 5.10 Å². The Bertz CT molecular complexity index is 1020. The van der Waals surface area contributed by atoms with E-state index in [0.717, 1.165) is 16.7 Å². The van der Waals surface area contributed by atoms with Gasteiger partial charge >= 0.3 is 0 Å². The monoisotopic (exact) mass is 388 g/mol. The van der Waals surface area contributed by atoms with Gasteiger partial charge in [0.25, 0.3) is 5.91 Å². The molecule has 0 bridgehead atoms. The van der Waals surface area contributed by atoms with Gasteiger partial charge in [-0.1, -0.05) is 42.5 Å². The molecule has 1 amide bonds. The van der Waals surface area contributed by atoms with Crippen molar-refractivity contribution in [2.24, 2.45) is 5.10 Å². The number of fused-ring (bicyclic) bond motifs is 1. The number of hydrogen-bond donors (Lipinski definition) is 1. The van der Waals surface area contributed by atoms with Crippen LogP contribution in [0, 0.1) is 0 Å². The molecule has 0 saturated heterocycles. The third kappa shape index (κ3) is 4.55. The highest BCUT2D eigenvalue weighted by Crippen LogP contribution is 2.32. The second kappa shape index (κ2) is 8.48. The van der Waals surface area contributed by atoms with Crippen LogP contribution in [0.3, 0.4) is 0 Å². The molecule has 0 unspecified atom stereocenters. The summed E-state index contributed by atoms with van der Waals surface area (Å²) in [5, 5.41) is 3.98. The van der Waals surface area contributed by atoms with Crippen molar-refractivity contribution in [2.45, 2.75) is 13.0 Å². The van der Waals surface area contributed by atoms with E-state index in [1.54, 1.807) is 25.3 Å². The fourth-order valence-electron chi connectivity index (χ4n) is 2.87. The highest BCUT2D eigenvalue weighted by molar-refractivity contribution is 5.85. The van der Waals surface area contributed by atoms with E-state index in [4.69, 9.17) is 14.2 Å². The van der Waals surface area contributed by atoms with E-state index in [0.29, 0.717) is 17.2 Å². The Labute approximate surface area is 168 Å². The molecule has 0 aromatic heterocycles. The number of hydrazone groups is 1. The smallest absolute Gasteiger partial charge is 0.280 e. The molecule has 1 atom stereocenters. The van der Waals surface area contributed by atoms with Gasteiger partial charge in [0.05, 0.1) is 6.21 Å². The van der Waals surface area contributed by atoms with Crippen molar-refractivity contribution in [3.05, 3.63) is 78.4 Å². The van der Waals surface area contributed by atoms with Crippen molar-refractivity contribution >= 4 is 12.1 Å². The highest BCUT2D eigenvalue weighted by Gasteiger charge is 2.15. The summed E-state index contributed by atoms with van der Waals surface area (Å²) in [5.41, 5.74) is 5.49. The zero-order chi connectivity index (χ0) is 20.1. The van der Waals surface area contributed by atoms with Gasteiger partial charge < -0.3 is 14.2 Å². The molecule has 1 aliphatic rings. The molecule has 0 fully saturated rings. The van der Waals surface area contributed by atoms with Crippen molar-refractivity contribution in [2.75, 3.05) is 6.79 Å². The molecule has 3 aromatic carbocycles. The van der Waals surface area contributed by atoms with Crippen molar-refractivity contribution in [3.8, 4) is 28.4 Å². The fraction of sp³-hybridized carbons (Fsp3) is 0.130. The average molecular weight is 388 g/mol. The maximum atomic E-state index is 12.2. The first kappa shape index (κ1) is 18.6. The van der Waals surface area contributed by atoms with E-state index in [2.05, 4.69) is 10.5 Å². The summed E-state index contributed by atoms with van der Waals surface area (Å²) >= 11 is 0. The molecule has 146 valence electrons. The predicted molar refractivity (Wildman–Crippen MR) is 110 cm³/mol. The largest absolute Gasteiger partial charge is 0.481 e. The number of rotatable bonds is 6. The van der Waals surface area contributed by atoms with Crippen molar-refractivity contribution in [1.82, 2.24) is 5.43 Å². The first-order valence-corrected chi connectivity index (χ1v) is 9.24. The van der Waals surface area contributed by atoms with Gasteiger partial charge in [0.1, 0.15) is 5.75 Å². The standard InChI is InChI=1S/C23H20N2O4/c1-16(29-20-10-8-19(9-11-20)18-5-3-2-4-6-18)23(26)25-24-14-17-7-12-21-22(13-17)28-15-27-21/h2-14,16H,15H2,1H3,(H,25,26)/b24-14-/t16-/m1/s1. The Morgan fingerprint density at radius 3 is 2.52 bits per heavy atom. The van der Waals surface area contributed by atoms with E-state index in [9.17, 15) is 4.79 Å². The third-order valence-electron chi connectivity index (χ3n) is 4.43. The number of nitrogens with one attached hydrogen (secondary N) is 1. The number of nitrogens with zero attached hydrogens (tertiary/aromatic N) is 1. The summed E-state index contributed by atoms with van der Waals surface area (Å²) in [4.78, 5) is 12.2. The molecule has 1 heterocycles. The molecule has 0 spiro atoms. The minimum atomic E-state index is -0.688. The number of amides is 1. The normalized spacial score (nSPS) is 13.3. The molecule has 29 heavy (non-hydrogen) atoms. The Morgan fingerprint density at radius 2 is 1.72 bits per heavy atom. The van der Waals surface area contributed by atoms with Crippen LogP contribution in [0.4, 0.5) is 0 Å². The van der Waals surface area contributed by atoms with Gasteiger partial charge in [-0.15, -0.1) is 0 Å². The summed E-state index contributed by atoms with van der Waals surface area (Å²) in [6, 6.07) is 23.1. The van der Waals surface area contributed by atoms with Gasteiger partial charge in [0.2, 0.25) is 6.79 Å². The predicted octanol–water partition coefficient (Wildman–Crippen LogP) is 4.00. The second-order valence-corrected chi connectivity index (χ2v) is 6.50. The average Bonchev–Trinajstić information content (AvgIpc) is 3.23. The Kier molecular flexibility index (Phi) is 5.42. The number of carbonyl (C=O) groups excluding carboxylic acids is 1. The molecule has 0 aliphatic carbocycles. The lowest BCUT2D eigenvalue weighted by Crippen LogP contribution is -2.33. The van der Waals surface area contributed by atoms with Crippen molar-refractivity contribution < 1.29 is 19.0 Å². The summed E-state index contributed by atoms with van der Waals surface area (Å²) in [7, 11) is 0. The van der Waals surface area contributed by atoms with E-state index in [1.165, 1.54) is 0 Å². The van der Waals surface area contributed by atoms with E-state index >= 15 is 0 Å². The third-order valence-corrected chi connectivity index (χ3v) is 4.43. The minimum absolute atomic E-state index is 0.216. The molecule has 0 saturated carbocycles. The quantitative estimate of drug-likeness (QED) is 0.512. The Balaban J connectivity index is 1.31. The van der Waals surface area contributed by atoms with Crippen LogP contribution in [0.2, 0.25) is 0 Å². The van der Waals surface area contributed by atoms with E-state index < -0.39 is 6.10 Å². The summed E-state index contributed by atoms with van der Waals surface area (Å²) in [5.74, 6) is 1.64. The lowest BCUT2D eigenvalue weighted by atomic mass is 10.1. The maximum Gasteiger partial charge on any atom is 0.280 e. The molecule has 3 aromatic rings. The fourth-order valence-corrected chi connectivity index (χ4v) is 2.87. The summed E-state index contributed by atoms with van der Waals surface area (Å²) in [6.07, 6.45) is 0.854. The van der Waals surface area contributed by atoms with Crippen LogP contribution < -0.4 is 19.6 Å². The molecule has 6 heteroatoms. The lowest BCUT2D eigenvalue weighted by Gasteiger charge is -2.13. The maximum absolute atomic E-state index is 12.2. The SMILES string of the molecule is C[C@@H](Oc1ccc(-c2ccccc2)cc1)C(=O)N/N=C\c1ccc2c(c1)OCO2. The summed E-state index contributed by atoms with van der Waals surface area (Å²) in [6.45, 7) is 1.89. The number of benzene rings is 3. The molecule has 0 radical (unpaired) electrons. The van der Waals surface area contributed by atoms with Crippen LogP contribution in [0.5, 0.6) is 17.2 Å². The van der Waals surface area contributed by atoms with Crippen LogP contribution in [0.15, 0.2) is 77.9 Å². The molecule has 4 rings (SSSR count). The van der Waals surface area contributed by atoms with Gasteiger partial charge in [-0.25, -0.2) is 5.43 Å². The summed E-state index contributed by atoms with van der Waals surface area (Å²) < 4.78 is 16.3. The van der Waals surface area contributed by atoms with E-state index in [-0.39, 0.29) is 12.7 Å². The molecule has 1 N–H and O–H groups in total. The van der Waals surface area contributed by atoms with Gasteiger partial charge in [0, 0.05) is 0 Å². The Hall–Kier alpha value is -3.80. The zero-order valence-corrected chi connectivity index (χ0v) is 15.9. The van der Waals surface area contributed by atoms with Crippen LogP contribution in [0.1, 0.15) is 12.5 Å². The second-order valence-electron chi connectivity index (χ2n) is 6.50. The molecular weight excluding hydrogens is 368 g/mol. The van der Waals surface area contributed by atoms with Crippen LogP contribution in [-0.4, -0.2) is 25.0 Å². The van der Waals surface area contributed by atoms with Crippen molar-refractivity contribution in [3.63, 3.8) is 0 Å². The number of carbonyl (C=O) groups is 1. The molecule has 1 aliphatic heterocycles. The van der Waals surface area contributed by atoms with Crippen LogP contribution in [0.25, 0.3) is 11.1 Å². The van der Waals surface area contributed by atoms with Crippen molar-refractivity contribution in [1.29, 1.82) is 0 Å². The topological polar surface area (TPSA) is 69.2 Å². The zero-order valence-electron chi connectivity index (χ0n) is 15.9. The first-order chi connectivity index (χ1) is 14.2. The van der Waals surface area contributed by atoms with Crippen LogP contribution in [-0.2, 0) is 4.79 Å². The lowest BCUT2D eigenvalue weighted by molar-refractivity contribution is -0.127. The molecule has 6 nitrogen and oxygen atoms in total. The van der Waals surface area contributed by atoms with E-state index in [1.807, 2.05) is 60.7 Å².